The smallest absolute Gasteiger partial charge is 0.332 e. The summed E-state index contributed by atoms with van der Waals surface area (Å²) in [5, 5.41) is 11.9. The van der Waals surface area contributed by atoms with Gasteiger partial charge in [-0.1, -0.05) is 48.5 Å². The van der Waals surface area contributed by atoms with Gasteiger partial charge in [-0.3, -0.25) is 4.79 Å². The van der Waals surface area contributed by atoms with Crippen LogP contribution in [0.15, 0.2) is 60.9 Å². The highest BCUT2D eigenvalue weighted by Crippen LogP contribution is 2.24. The van der Waals surface area contributed by atoms with Crippen molar-refractivity contribution in [1.29, 1.82) is 0 Å². The van der Waals surface area contributed by atoms with Crippen LogP contribution in [-0.4, -0.2) is 43.0 Å². The maximum Gasteiger partial charge on any atom is 0.332 e. The van der Waals surface area contributed by atoms with Crippen LogP contribution in [0.4, 0.5) is 0 Å². The number of aromatic amines is 1. The number of hydrogen-bond acceptors (Lipinski definition) is 6. The van der Waals surface area contributed by atoms with Gasteiger partial charge in [0.1, 0.15) is 6.33 Å². The highest BCUT2D eigenvalue weighted by Gasteiger charge is 2.29. The zero-order chi connectivity index (χ0) is 21.1. The van der Waals surface area contributed by atoms with Crippen molar-refractivity contribution >= 4 is 22.7 Å². The largest absolute Gasteiger partial charge is 0.453 e. The molecule has 0 bridgehead atoms. The van der Waals surface area contributed by atoms with E-state index in [-0.39, 0.29) is 5.78 Å². The van der Waals surface area contributed by atoms with Crippen LogP contribution in [0.5, 0.6) is 0 Å². The highest BCUT2D eigenvalue weighted by molar-refractivity contribution is 6.11. The van der Waals surface area contributed by atoms with E-state index in [0.717, 1.165) is 22.2 Å². The van der Waals surface area contributed by atoms with E-state index in [1.165, 1.54) is 11.0 Å². The van der Waals surface area contributed by atoms with Gasteiger partial charge in [-0.25, -0.2) is 9.48 Å². The zero-order valence-corrected chi connectivity index (χ0v) is 16.6. The van der Waals surface area contributed by atoms with Crippen molar-refractivity contribution in [2.24, 2.45) is 0 Å². The van der Waals surface area contributed by atoms with E-state index in [2.05, 4.69) is 20.5 Å². The summed E-state index contributed by atoms with van der Waals surface area (Å²) in [4.78, 5) is 29.3. The van der Waals surface area contributed by atoms with Crippen molar-refractivity contribution in [3.8, 4) is 0 Å². The molecular formula is C22H21N5O3. The number of para-hydroxylation sites is 1. The maximum absolute atomic E-state index is 13.1. The molecule has 0 unspecified atom stereocenters. The summed E-state index contributed by atoms with van der Waals surface area (Å²) < 4.78 is 6.93. The molecule has 2 aromatic heterocycles. The molecule has 4 aromatic rings. The second kappa shape index (κ2) is 8.28. The van der Waals surface area contributed by atoms with E-state index >= 15 is 0 Å². The Kier molecular flexibility index (Phi) is 5.38. The minimum Gasteiger partial charge on any atom is -0.453 e. The first-order valence-corrected chi connectivity index (χ1v) is 9.63. The summed E-state index contributed by atoms with van der Waals surface area (Å²) in [5.41, 5.74) is 3.08. The molecule has 8 heteroatoms. The molecule has 0 aliphatic rings. The lowest BCUT2D eigenvalue weighted by molar-refractivity contribution is -0.150. The van der Waals surface area contributed by atoms with Crippen LogP contribution in [0.25, 0.3) is 10.9 Å². The quantitative estimate of drug-likeness (QED) is 0.376. The van der Waals surface area contributed by atoms with Crippen molar-refractivity contribution in [3.05, 3.63) is 77.7 Å². The van der Waals surface area contributed by atoms with Crippen LogP contribution in [0.3, 0.4) is 0 Å². The number of tetrazole rings is 1. The summed E-state index contributed by atoms with van der Waals surface area (Å²) >= 11 is 0. The van der Waals surface area contributed by atoms with E-state index in [0.29, 0.717) is 12.0 Å². The van der Waals surface area contributed by atoms with Crippen LogP contribution in [0, 0.1) is 6.92 Å². The fraction of sp³-hybridized carbons (Fsp3) is 0.227. The van der Waals surface area contributed by atoms with E-state index in [1.54, 1.807) is 6.92 Å². The lowest BCUT2D eigenvalue weighted by Crippen LogP contribution is -2.31. The maximum atomic E-state index is 13.1. The number of ketones is 1. The fourth-order valence-electron chi connectivity index (χ4n) is 3.54. The molecule has 8 nitrogen and oxygen atoms in total. The minimum atomic E-state index is -0.954. The predicted molar refractivity (Wildman–Crippen MR) is 110 cm³/mol. The normalized spacial score (nSPS) is 13.1. The highest BCUT2D eigenvalue weighted by atomic mass is 16.5. The number of hydrogen-bond donors (Lipinski definition) is 1. The second-order valence-electron chi connectivity index (χ2n) is 7.11. The molecule has 0 aliphatic heterocycles. The van der Waals surface area contributed by atoms with Crippen molar-refractivity contribution in [1.82, 2.24) is 25.2 Å². The first-order valence-electron chi connectivity index (χ1n) is 9.63. The summed E-state index contributed by atoms with van der Waals surface area (Å²) in [5.74, 6) is -0.821. The Labute approximate surface area is 172 Å². The SMILES string of the molecule is Cc1[nH]c2ccccc2c1C(=O)[C@H](C)OC(=O)[C@@H](Cc1ccccc1)n1cnnn1. The lowest BCUT2D eigenvalue weighted by Gasteiger charge is -2.19. The van der Waals surface area contributed by atoms with Gasteiger partial charge in [-0.2, -0.15) is 0 Å². The van der Waals surface area contributed by atoms with Crippen molar-refractivity contribution in [2.75, 3.05) is 0 Å². The molecule has 4 rings (SSSR count). The van der Waals surface area contributed by atoms with E-state index in [9.17, 15) is 9.59 Å². The Morgan fingerprint density at radius 2 is 1.83 bits per heavy atom. The second-order valence-corrected chi connectivity index (χ2v) is 7.11. The van der Waals surface area contributed by atoms with Gasteiger partial charge in [0.2, 0.25) is 5.78 Å². The molecule has 0 amide bonds. The van der Waals surface area contributed by atoms with Gasteiger partial charge in [-0.15, -0.1) is 5.10 Å². The number of carbonyl (C=O) groups excluding carboxylic acids is 2. The molecular weight excluding hydrogens is 382 g/mol. The number of carbonyl (C=O) groups is 2. The van der Waals surface area contributed by atoms with Crippen molar-refractivity contribution < 1.29 is 14.3 Å². The molecule has 0 fully saturated rings. The molecule has 0 spiro atoms. The topological polar surface area (TPSA) is 103 Å². The third-order valence-electron chi connectivity index (χ3n) is 5.03. The number of nitrogens with one attached hydrogen (secondary N) is 1. The number of aryl methyl sites for hydroxylation is 1. The van der Waals surface area contributed by atoms with Gasteiger partial charge < -0.3 is 9.72 Å². The van der Waals surface area contributed by atoms with Gasteiger partial charge >= 0.3 is 5.97 Å². The Morgan fingerprint density at radius 3 is 2.57 bits per heavy atom. The number of esters is 1. The number of aromatic nitrogens is 5. The van der Waals surface area contributed by atoms with Crippen molar-refractivity contribution in [3.63, 3.8) is 0 Å². The van der Waals surface area contributed by atoms with Crippen LogP contribution < -0.4 is 0 Å². The van der Waals surface area contributed by atoms with Crippen LogP contribution >= 0.6 is 0 Å². The Morgan fingerprint density at radius 1 is 1.10 bits per heavy atom. The summed E-state index contributed by atoms with van der Waals surface area (Å²) in [7, 11) is 0. The average molecular weight is 403 g/mol. The third-order valence-corrected chi connectivity index (χ3v) is 5.03. The van der Waals surface area contributed by atoms with Crippen molar-refractivity contribution in [2.45, 2.75) is 32.4 Å². The molecule has 0 saturated heterocycles. The number of fused-ring (bicyclic) bond motifs is 1. The predicted octanol–water partition coefficient (Wildman–Crippen LogP) is 3.06. The molecule has 0 saturated carbocycles. The van der Waals surface area contributed by atoms with Gasteiger partial charge in [0.05, 0.1) is 0 Å². The summed E-state index contributed by atoms with van der Waals surface area (Å²) in [6.07, 6.45) is 0.758. The van der Waals surface area contributed by atoms with Gasteiger partial charge in [0.15, 0.2) is 12.1 Å². The minimum absolute atomic E-state index is 0.256. The molecule has 30 heavy (non-hydrogen) atoms. The monoisotopic (exact) mass is 403 g/mol. The molecule has 2 heterocycles. The number of ether oxygens (including phenoxy) is 1. The number of nitrogens with zero attached hydrogens (tertiary/aromatic N) is 4. The molecule has 2 atom stereocenters. The Bertz CT molecular complexity index is 1170. The molecule has 0 aliphatic carbocycles. The first-order chi connectivity index (χ1) is 14.5. The zero-order valence-electron chi connectivity index (χ0n) is 16.6. The molecule has 152 valence electrons. The van der Waals surface area contributed by atoms with E-state index < -0.39 is 18.1 Å². The number of H-pyrrole nitrogens is 1. The van der Waals surface area contributed by atoms with E-state index in [1.807, 2.05) is 61.5 Å². The van der Waals surface area contributed by atoms with Crippen LogP contribution in [0.1, 0.15) is 34.6 Å². The van der Waals surface area contributed by atoms with Crippen LogP contribution in [-0.2, 0) is 16.0 Å². The Hall–Kier alpha value is -3.81. The number of Topliss-reactive ketones (excluding diaryl/α,β-unsaturated/α-hetero) is 1. The van der Waals surface area contributed by atoms with Gasteiger partial charge in [0.25, 0.3) is 0 Å². The average Bonchev–Trinajstić information content (AvgIpc) is 3.39. The third kappa shape index (κ3) is 3.84. The fourth-order valence-corrected chi connectivity index (χ4v) is 3.54. The van der Waals surface area contributed by atoms with E-state index in [4.69, 9.17) is 4.74 Å². The van der Waals surface area contributed by atoms with Gasteiger partial charge in [-0.05, 0) is 35.9 Å². The number of benzene rings is 2. The summed E-state index contributed by atoms with van der Waals surface area (Å²) in [6, 6.07) is 16.3. The van der Waals surface area contributed by atoms with Gasteiger partial charge in [0, 0.05) is 28.6 Å². The molecule has 0 radical (unpaired) electrons. The Balaban J connectivity index is 1.55. The molecule has 2 aromatic carbocycles. The van der Waals surface area contributed by atoms with Crippen LogP contribution in [0.2, 0.25) is 0 Å². The summed E-state index contributed by atoms with van der Waals surface area (Å²) in [6.45, 7) is 3.42. The first kappa shape index (κ1) is 19.5. The lowest BCUT2D eigenvalue weighted by atomic mass is 10.0. The molecule has 1 N–H and O–H groups in total. The standard InChI is InChI=1S/C22H21N5O3/c1-14-20(17-10-6-7-11-18(17)24-14)21(28)15(2)30-22(29)19(27-13-23-25-26-27)12-16-8-4-3-5-9-16/h3-11,13,15,19,24H,12H2,1-2H3/t15-,19+/m0/s1. The number of rotatable bonds is 7.